The lowest BCUT2D eigenvalue weighted by Crippen LogP contribution is -2.00. The van der Waals surface area contributed by atoms with Gasteiger partial charge in [-0.1, -0.05) is 30.3 Å². The van der Waals surface area contributed by atoms with Crippen molar-refractivity contribution < 1.29 is 0 Å². The minimum Gasteiger partial charge on any atom is -0.326 e. The molecule has 0 aliphatic rings. The summed E-state index contributed by atoms with van der Waals surface area (Å²) in [5.41, 5.74) is 12.3. The van der Waals surface area contributed by atoms with E-state index in [4.69, 9.17) is 10.8 Å². The number of hydrogen-bond acceptors (Lipinski definition) is 4. The maximum Gasteiger partial charge on any atom is 0.0801 e. The third-order valence-electron chi connectivity index (χ3n) is 5.06. The van der Waals surface area contributed by atoms with Gasteiger partial charge in [0.15, 0.2) is 0 Å². The van der Waals surface area contributed by atoms with E-state index in [1.807, 2.05) is 41.2 Å². The molecule has 0 saturated heterocycles. The van der Waals surface area contributed by atoms with Crippen LogP contribution in [0.4, 0.5) is 0 Å². The van der Waals surface area contributed by atoms with Gasteiger partial charge in [0, 0.05) is 23.0 Å². The highest BCUT2D eigenvalue weighted by atomic mass is 32.1. The van der Waals surface area contributed by atoms with Crippen molar-refractivity contribution in [1.29, 1.82) is 0 Å². The van der Waals surface area contributed by atoms with E-state index < -0.39 is 0 Å². The lowest BCUT2D eigenvalue weighted by molar-refractivity contribution is 0.885. The van der Waals surface area contributed by atoms with Crippen LogP contribution in [0.3, 0.4) is 0 Å². The van der Waals surface area contributed by atoms with Crippen LogP contribution in [0, 0.1) is 6.92 Å². The summed E-state index contributed by atoms with van der Waals surface area (Å²) in [7, 11) is 0. The molecule has 5 aromatic rings. The summed E-state index contributed by atoms with van der Waals surface area (Å²) in [6.45, 7) is 2.57. The minimum absolute atomic E-state index is 0.517. The molecule has 4 nitrogen and oxygen atoms in total. The summed E-state index contributed by atoms with van der Waals surface area (Å²) in [5.74, 6) is 0. The molecule has 2 N–H and O–H groups in total. The Morgan fingerprint density at radius 2 is 1.83 bits per heavy atom. The molecule has 142 valence electrons. The number of thiophene rings is 1. The number of benzene rings is 2. The Labute approximate surface area is 173 Å². The van der Waals surface area contributed by atoms with Crippen molar-refractivity contribution in [3.05, 3.63) is 90.3 Å². The quantitative estimate of drug-likeness (QED) is 0.431. The Morgan fingerprint density at radius 1 is 0.931 bits per heavy atom. The average Bonchev–Trinajstić information content (AvgIpc) is 3.39. The highest BCUT2D eigenvalue weighted by Crippen LogP contribution is 2.35. The molecule has 0 aliphatic heterocycles. The summed E-state index contributed by atoms with van der Waals surface area (Å²) in [6, 6.07) is 25.1. The van der Waals surface area contributed by atoms with Crippen molar-refractivity contribution >= 4 is 22.2 Å². The first-order valence-corrected chi connectivity index (χ1v) is 10.3. The molecule has 3 heterocycles. The van der Waals surface area contributed by atoms with Gasteiger partial charge in [0.05, 0.1) is 27.5 Å². The molecule has 5 rings (SSSR count). The summed E-state index contributed by atoms with van der Waals surface area (Å²) >= 11 is 1.75. The van der Waals surface area contributed by atoms with Crippen LogP contribution in [0.25, 0.3) is 37.6 Å². The second-order valence-electron chi connectivity index (χ2n) is 6.98. The van der Waals surface area contributed by atoms with Gasteiger partial charge in [0.2, 0.25) is 0 Å². The van der Waals surface area contributed by atoms with E-state index in [0.29, 0.717) is 6.54 Å². The molecule has 0 spiro atoms. The highest BCUT2D eigenvalue weighted by molar-refractivity contribution is 7.18. The lowest BCUT2D eigenvalue weighted by Gasteiger charge is -2.06. The predicted molar refractivity (Wildman–Crippen MR) is 120 cm³/mol. The molecule has 0 atom stereocenters. The number of fused-ring (bicyclic) bond motifs is 1. The fourth-order valence-corrected chi connectivity index (χ4v) is 4.55. The minimum atomic E-state index is 0.517. The van der Waals surface area contributed by atoms with Gasteiger partial charge in [-0.25, -0.2) is 4.68 Å². The summed E-state index contributed by atoms with van der Waals surface area (Å²) < 4.78 is 2.01. The summed E-state index contributed by atoms with van der Waals surface area (Å²) in [4.78, 5) is 6.85. The Hall–Kier alpha value is -3.28. The van der Waals surface area contributed by atoms with Gasteiger partial charge in [0.25, 0.3) is 0 Å². The Balaban J connectivity index is 1.61. The normalized spacial score (nSPS) is 11.2. The van der Waals surface area contributed by atoms with Crippen LogP contribution in [-0.4, -0.2) is 14.8 Å². The molecule has 0 bridgehead atoms. The molecular formula is C24H20N4S. The smallest absolute Gasteiger partial charge is 0.0801 e. The van der Waals surface area contributed by atoms with E-state index in [1.54, 1.807) is 11.3 Å². The van der Waals surface area contributed by atoms with E-state index in [1.165, 1.54) is 15.3 Å². The first-order valence-electron chi connectivity index (χ1n) is 9.53. The lowest BCUT2D eigenvalue weighted by atomic mass is 10.1. The summed E-state index contributed by atoms with van der Waals surface area (Å²) in [6.07, 6.45) is 1.83. The summed E-state index contributed by atoms with van der Waals surface area (Å²) in [5, 5.41) is 5.95. The zero-order valence-electron chi connectivity index (χ0n) is 16.0. The molecule has 5 heteroatoms. The predicted octanol–water partition coefficient (Wildman–Crippen LogP) is 5.58. The number of pyridine rings is 1. The Bertz CT molecular complexity index is 1300. The standard InChI is InChI=1S/C24H20N4S/c1-16-20-9-8-18(23-10-11-24(29-23)21-7-2-3-12-26-21)14-22(20)28(27-16)19-6-4-5-17(13-19)15-25/h2-14H,15,25H2,1H3. The van der Waals surface area contributed by atoms with Crippen LogP contribution in [0.5, 0.6) is 0 Å². The van der Waals surface area contributed by atoms with Crippen LogP contribution in [-0.2, 0) is 6.54 Å². The molecule has 0 amide bonds. The molecule has 0 aliphatic carbocycles. The van der Waals surface area contributed by atoms with Gasteiger partial charge in [-0.2, -0.15) is 5.10 Å². The van der Waals surface area contributed by atoms with E-state index in [-0.39, 0.29) is 0 Å². The zero-order valence-corrected chi connectivity index (χ0v) is 16.9. The van der Waals surface area contributed by atoms with Crippen LogP contribution < -0.4 is 5.73 Å². The van der Waals surface area contributed by atoms with Gasteiger partial charge in [0.1, 0.15) is 0 Å². The maximum atomic E-state index is 5.83. The van der Waals surface area contributed by atoms with Gasteiger partial charge in [-0.3, -0.25) is 4.98 Å². The number of aryl methyl sites for hydroxylation is 1. The molecule has 29 heavy (non-hydrogen) atoms. The third kappa shape index (κ3) is 3.24. The number of aromatic nitrogens is 3. The second kappa shape index (κ2) is 7.28. The van der Waals surface area contributed by atoms with Crippen LogP contribution >= 0.6 is 11.3 Å². The van der Waals surface area contributed by atoms with Crippen molar-refractivity contribution in [3.8, 4) is 26.7 Å². The molecule has 2 aromatic carbocycles. The van der Waals surface area contributed by atoms with E-state index in [2.05, 4.69) is 54.4 Å². The molecular weight excluding hydrogens is 376 g/mol. The third-order valence-corrected chi connectivity index (χ3v) is 6.22. The van der Waals surface area contributed by atoms with E-state index >= 15 is 0 Å². The molecule has 0 radical (unpaired) electrons. The van der Waals surface area contributed by atoms with E-state index in [0.717, 1.165) is 33.5 Å². The van der Waals surface area contributed by atoms with Gasteiger partial charge in [-0.05, 0) is 60.5 Å². The fraction of sp³-hybridized carbons (Fsp3) is 0.0833. The number of nitrogens with two attached hydrogens (primary N) is 1. The van der Waals surface area contributed by atoms with Crippen molar-refractivity contribution in [3.63, 3.8) is 0 Å². The SMILES string of the molecule is Cc1nn(-c2cccc(CN)c2)c2cc(-c3ccc(-c4ccccn4)s3)ccc12. The number of nitrogens with zero attached hydrogens (tertiary/aromatic N) is 3. The zero-order chi connectivity index (χ0) is 19.8. The van der Waals surface area contributed by atoms with Crippen molar-refractivity contribution in [1.82, 2.24) is 14.8 Å². The van der Waals surface area contributed by atoms with E-state index in [9.17, 15) is 0 Å². The van der Waals surface area contributed by atoms with Crippen LogP contribution in [0.1, 0.15) is 11.3 Å². The van der Waals surface area contributed by atoms with Crippen molar-refractivity contribution in [2.24, 2.45) is 5.73 Å². The van der Waals surface area contributed by atoms with Crippen molar-refractivity contribution in [2.75, 3.05) is 0 Å². The molecule has 0 saturated carbocycles. The first kappa shape index (κ1) is 17.8. The Kier molecular flexibility index (Phi) is 4.46. The largest absolute Gasteiger partial charge is 0.326 e. The molecule has 3 aromatic heterocycles. The van der Waals surface area contributed by atoms with Crippen molar-refractivity contribution in [2.45, 2.75) is 13.5 Å². The molecule has 0 unspecified atom stereocenters. The van der Waals surface area contributed by atoms with Gasteiger partial charge < -0.3 is 5.73 Å². The van der Waals surface area contributed by atoms with Crippen LogP contribution in [0.2, 0.25) is 0 Å². The monoisotopic (exact) mass is 396 g/mol. The number of rotatable bonds is 4. The number of hydrogen-bond donors (Lipinski definition) is 1. The highest BCUT2D eigenvalue weighted by Gasteiger charge is 2.12. The topological polar surface area (TPSA) is 56.7 Å². The van der Waals surface area contributed by atoms with Gasteiger partial charge in [-0.15, -0.1) is 11.3 Å². The maximum absolute atomic E-state index is 5.83. The second-order valence-corrected chi connectivity index (χ2v) is 8.07. The first-order chi connectivity index (χ1) is 14.2. The average molecular weight is 397 g/mol. The van der Waals surface area contributed by atoms with Gasteiger partial charge >= 0.3 is 0 Å². The molecule has 0 fully saturated rings. The Morgan fingerprint density at radius 3 is 2.66 bits per heavy atom. The van der Waals surface area contributed by atoms with Crippen LogP contribution in [0.15, 0.2) is 79.0 Å². The fourth-order valence-electron chi connectivity index (χ4n) is 3.58.